The van der Waals surface area contributed by atoms with Gasteiger partial charge in [-0.15, -0.1) is 0 Å². The summed E-state index contributed by atoms with van der Waals surface area (Å²) in [5.74, 6) is 0.0625. The molecule has 1 unspecified atom stereocenters. The topological polar surface area (TPSA) is 52.3 Å². The lowest BCUT2D eigenvalue weighted by atomic mass is 9.76. The summed E-state index contributed by atoms with van der Waals surface area (Å²) in [5.41, 5.74) is 4.93. The van der Waals surface area contributed by atoms with Crippen LogP contribution in [0.5, 0.6) is 0 Å². The zero-order chi connectivity index (χ0) is 8.48. The number of amides is 1. The second kappa shape index (κ2) is 2.81. The quantitative estimate of drug-likeness (QED) is 0.635. The molecule has 0 radical (unpaired) electrons. The molecule has 0 aromatic heterocycles. The Morgan fingerprint density at radius 2 is 2.27 bits per heavy atom. The van der Waals surface area contributed by atoms with E-state index in [1.807, 2.05) is 13.8 Å². The first-order valence-corrected chi connectivity index (χ1v) is 3.97. The molecule has 1 aliphatic rings. The fraction of sp³-hybridized carbons (Fsp3) is 0.875. The summed E-state index contributed by atoms with van der Waals surface area (Å²) in [6.07, 6.45) is 0.778. The summed E-state index contributed by atoms with van der Waals surface area (Å²) in [6, 6.07) is 0. The van der Waals surface area contributed by atoms with E-state index in [0.29, 0.717) is 13.2 Å². The Hall–Kier alpha value is -0.570. The Balaban J connectivity index is 2.79. The van der Waals surface area contributed by atoms with E-state index in [9.17, 15) is 4.79 Å². The van der Waals surface area contributed by atoms with Gasteiger partial charge in [0.15, 0.2) is 0 Å². The molecule has 3 nitrogen and oxygen atoms in total. The summed E-state index contributed by atoms with van der Waals surface area (Å²) in [5, 5.41) is 0. The molecule has 0 spiro atoms. The van der Waals surface area contributed by atoms with Crippen LogP contribution in [0.1, 0.15) is 20.3 Å². The Labute approximate surface area is 66.9 Å². The van der Waals surface area contributed by atoms with Gasteiger partial charge < -0.3 is 10.5 Å². The predicted octanol–water partition coefficient (Wildman–Crippen LogP) is 0.534. The average Bonchev–Trinajstić information content (AvgIpc) is 2.34. The van der Waals surface area contributed by atoms with Gasteiger partial charge in [-0.3, -0.25) is 4.79 Å². The highest BCUT2D eigenvalue weighted by Gasteiger charge is 2.43. The van der Waals surface area contributed by atoms with Crippen LogP contribution in [0.2, 0.25) is 0 Å². The van der Waals surface area contributed by atoms with Crippen molar-refractivity contribution in [3.05, 3.63) is 0 Å². The molecule has 64 valence electrons. The smallest absolute Gasteiger partial charge is 0.226 e. The second-order valence-electron chi connectivity index (χ2n) is 3.48. The summed E-state index contributed by atoms with van der Waals surface area (Å²) in [4.78, 5) is 11.1. The van der Waals surface area contributed by atoms with Crippen LogP contribution in [-0.4, -0.2) is 19.1 Å². The third-order valence-electron chi connectivity index (χ3n) is 2.65. The highest BCUT2D eigenvalue weighted by molar-refractivity contribution is 5.81. The molecule has 1 amide bonds. The van der Waals surface area contributed by atoms with Gasteiger partial charge in [0.2, 0.25) is 5.91 Å². The molecule has 1 aliphatic heterocycles. The first-order chi connectivity index (χ1) is 5.09. The number of primary amides is 1. The minimum atomic E-state index is -0.389. The number of hydrogen-bond donors (Lipinski definition) is 1. The van der Waals surface area contributed by atoms with Crippen LogP contribution in [0.15, 0.2) is 0 Å². The van der Waals surface area contributed by atoms with Crippen LogP contribution in [0.25, 0.3) is 0 Å². The minimum Gasteiger partial charge on any atom is -0.380 e. The van der Waals surface area contributed by atoms with Crippen molar-refractivity contribution in [3.63, 3.8) is 0 Å². The zero-order valence-electron chi connectivity index (χ0n) is 7.09. The maximum absolute atomic E-state index is 11.1. The Morgan fingerprint density at radius 1 is 1.64 bits per heavy atom. The monoisotopic (exact) mass is 157 g/mol. The van der Waals surface area contributed by atoms with Crippen molar-refractivity contribution >= 4 is 5.91 Å². The summed E-state index contributed by atoms with van der Waals surface area (Å²) in [7, 11) is 0. The number of nitrogens with two attached hydrogens (primary N) is 1. The fourth-order valence-electron chi connectivity index (χ4n) is 1.51. The maximum Gasteiger partial charge on any atom is 0.226 e. The van der Waals surface area contributed by atoms with Crippen molar-refractivity contribution in [1.82, 2.24) is 0 Å². The number of rotatable bonds is 2. The van der Waals surface area contributed by atoms with E-state index >= 15 is 0 Å². The third kappa shape index (κ3) is 1.25. The van der Waals surface area contributed by atoms with Crippen LogP contribution >= 0.6 is 0 Å². The number of carbonyl (C=O) groups excluding carboxylic acids is 1. The summed E-state index contributed by atoms with van der Waals surface area (Å²) in [6.45, 7) is 5.19. The molecular formula is C8H15NO2. The van der Waals surface area contributed by atoms with Crippen molar-refractivity contribution in [3.8, 4) is 0 Å². The van der Waals surface area contributed by atoms with E-state index in [2.05, 4.69) is 0 Å². The standard InChI is InChI=1S/C8H15NO2/c1-6(2)8(7(9)10)3-4-11-5-8/h6H,3-5H2,1-2H3,(H2,9,10). The van der Waals surface area contributed by atoms with Crippen molar-refractivity contribution in [2.75, 3.05) is 13.2 Å². The van der Waals surface area contributed by atoms with Crippen LogP contribution < -0.4 is 5.73 Å². The molecule has 0 aliphatic carbocycles. The summed E-state index contributed by atoms with van der Waals surface area (Å²) >= 11 is 0. The van der Waals surface area contributed by atoms with E-state index in [4.69, 9.17) is 10.5 Å². The van der Waals surface area contributed by atoms with Crippen molar-refractivity contribution in [2.45, 2.75) is 20.3 Å². The molecule has 1 atom stereocenters. The van der Waals surface area contributed by atoms with Crippen LogP contribution in [0.4, 0.5) is 0 Å². The number of carbonyl (C=O) groups is 1. The normalized spacial score (nSPS) is 31.2. The Kier molecular flexibility index (Phi) is 2.18. The molecule has 2 N–H and O–H groups in total. The highest BCUT2D eigenvalue weighted by Crippen LogP contribution is 2.35. The van der Waals surface area contributed by atoms with E-state index in [1.54, 1.807) is 0 Å². The molecule has 1 heterocycles. The molecule has 1 rings (SSSR count). The first kappa shape index (κ1) is 8.53. The lowest BCUT2D eigenvalue weighted by molar-refractivity contribution is -0.130. The molecule has 0 saturated carbocycles. The zero-order valence-corrected chi connectivity index (χ0v) is 7.09. The Morgan fingerprint density at radius 3 is 2.45 bits per heavy atom. The molecule has 11 heavy (non-hydrogen) atoms. The SMILES string of the molecule is CC(C)C1(C(N)=O)CCOC1. The largest absolute Gasteiger partial charge is 0.380 e. The predicted molar refractivity (Wildman–Crippen MR) is 41.9 cm³/mol. The first-order valence-electron chi connectivity index (χ1n) is 3.97. The lowest BCUT2D eigenvalue weighted by Crippen LogP contribution is -2.41. The van der Waals surface area contributed by atoms with Crippen LogP contribution in [-0.2, 0) is 9.53 Å². The van der Waals surface area contributed by atoms with Crippen molar-refractivity contribution in [2.24, 2.45) is 17.1 Å². The van der Waals surface area contributed by atoms with Gasteiger partial charge in [-0.2, -0.15) is 0 Å². The van der Waals surface area contributed by atoms with Gasteiger partial charge in [0.05, 0.1) is 12.0 Å². The van der Waals surface area contributed by atoms with E-state index in [1.165, 1.54) is 0 Å². The van der Waals surface area contributed by atoms with Crippen LogP contribution in [0, 0.1) is 11.3 Å². The third-order valence-corrected chi connectivity index (χ3v) is 2.65. The van der Waals surface area contributed by atoms with Gasteiger partial charge in [-0.25, -0.2) is 0 Å². The van der Waals surface area contributed by atoms with E-state index in [-0.39, 0.29) is 17.2 Å². The lowest BCUT2D eigenvalue weighted by Gasteiger charge is -2.27. The van der Waals surface area contributed by atoms with Gasteiger partial charge in [0.1, 0.15) is 0 Å². The minimum absolute atomic E-state index is 0.218. The highest BCUT2D eigenvalue weighted by atomic mass is 16.5. The van der Waals surface area contributed by atoms with Gasteiger partial charge in [0.25, 0.3) is 0 Å². The molecule has 1 saturated heterocycles. The van der Waals surface area contributed by atoms with Gasteiger partial charge in [-0.1, -0.05) is 13.8 Å². The van der Waals surface area contributed by atoms with Gasteiger partial charge >= 0.3 is 0 Å². The number of hydrogen-bond acceptors (Lipinski definition) is 2. The molecule has 0 aromatic carbocycles. The molecule has 0 bridgehead atoms. The van der Waals surface area contributed by atoms with Crippen LogP contribution in [0.3, 0.4) is 0 Å². The van der Waals surface area contributed by atoms with Crippen molar-refractivity contribution < 1.29 is 9.53 Å². The summed E-state index contributed by atoms with van der Waals surface area (Å²) < 4.78 is 5.18. The number of ether oxygens (including phenoxy) is 1. The van der Waals surface area contributed by atoms with E-state index < -0.39 is 0 Å². The maximum atomic E-state index is 11.1. The van der Waals surface area contributed by atoms with Crippen molar-refractivity contribution in [1.29, 1.82) is 0 Å². The van der Waals surface area contributed by atoms with E-state index in [0.717, 1.165) is 6.42 Å². The molecular weight excluding hydrogens is 142 g/mol. The molecule has 0 aromatic rings. The van der Waals surface area contributed by atoms with Gasteiger partial charge in [-0.05, 0) is 12.3 Å². The van der Waals surface area contributed by atoms with Gasteiger partial charge in [0, 0.05) is 6.61 Å². The Bertz CT molecular complexity index is 159. The molecule has 1 fully saturated rings. The second-order valence-corrected chi connectivity index (χ2v) is 3.48. The molecule has 3 heteroatoms. The fourth-order valence-corrected chi connectivity index (χ4v) is 1.51. The average molecular weight is 157 g/mol.